The third-order valence-electron chi connectivity index (χ3n) is 2.79. The summed E-state index contributed by atoms with van der Waals surface area (Å²) in [5, 5.41) is 7.32. The lowest BCUT2D eigenvalue weighted by molar-refractivity contribution is 0.0601. The van der Waals surface area contributed by atoms with Gasteiger partial charge >= 0.3 is 5.97 Å². The third kappa shape index (κ3) is 5.46. The van der Waals surface area contributed by atoms with Crippen LogP contribution in [0, 0.1) is 0 Å². The molecule has 0 bridgehead atoms. The first-order chi connectivity index (χ1) is 11.1. The van der Waals surface area contributed by atoms with Crippen molar-refractivity contribution in [1.82, 2.24) is 5.43 Å². The summed E-state index contributed by atoms with van der Waals surface area (Å²) in [4.78, 5) is 11.5. The second kappa shape index (κ2) is 8.40. The highest BCUT2D eigenvalue weighted by atomic mass is 79.9. The van der Waals surface area contributed by atoms with E-state index in [2.05, 4.69) is 36.5 Å². The molecule has 0 aromatic heterocycles. The number of nitrogens with one attached hydrogen (secondary N) is 2. The molecule has 0 amide bonds. The molecule has 0 saturated carbocycles. The summed E-state index contributed by atoms with van der Waals surface area (Å²) in [5.41, 5.74) is 4.77. The summed E-state index contributed by atoms with van der Waals surface area (Å²) in [5.74, 6) is -0.402. The Morgan fingerprint density at radius 2 is 2.00 bits per heavy atom. The summed E-state index contributed by atoms with van der Waals surface area (Å²) in [6.45, 7) is 0. The summed E-state index contributed by atoms with van der Waals surface area (Å²) >= 11 is 8.52. The van der Waals surface area contributed by atoms with Crippen molar-refractivity contribution >= 4 is 51.1 Å². The van der Waals surface area contributed by atoms with Gasteiger partial charge in [0.15, 0.2) is 5.11 Å². The molecule has 0 spiro atoms. The molecule has 0 heterocycles. The maximum Gasteiger partial charge on any atom is 0.337 e. The van der Waals surface area contributed by atoms with Crippen molar-refractivity contribution in [2.24, 2.45) is 5.10 Å². The van der Waals surface area contributed by atoms with Gasteiger partial charge in [0, 0.05) is 10.2 Å². The maximum absolute atomic E-state index is 11.5. The number of hydrogen-bond acceptors (Lipinski definition) is 4. The van der Waals surface area contributed by atoms with E-state index >= 15 is 0 Å². The van der Waals surface area contributed by atoms with E-state index in [9.17, 15) is 4.79 Å². The minimum Gasteiger partial charge on any atom is -0.465 e. The van der Waals surface area contributed by atoms with E-state index in [1.165, 1.54) is 7.11 Å². The van der Waals surface area contributed by atoms with E-state index in [0.29, 0.717) is 16.4 Å². The smallest absolute Gasteiger partial charge is 0.337 e. The first-order valence-corrected chi connectivity index (χ1v) is 7.82. The first kappa shape index (κ1) is 17.1. The predicted molar refractivity (Wildman–Crippen MR) is 98.9 cm³/mol. The van der Waals surface area contributed by atoms with Crippen LogP contribution in [0.1, 0.15) is 15.9 Å². The van der Waals surface area contributed by atoms with Crippen LogP contribution in [-0.4, -0.2) is 24.4 Å². The van der Waals surface area contributed by atoms with E-state index in [4.69, 9.17) is 12.2 Å². The van der Waals surface area contributed by atoms with Crippen LogP contribution in [0.3, 0.4) is 0 Å². The molecular weight excluding hydrogens is 378 g/mol. The second-order valence-corrected chi connectivity index (χ2v) is 5.77. The zero-order valence-electron chi connectivity index (χ0n) is 12.2. The number of carbonyl (C=O) groups excluding carboxylic acids is 1. The number of nitrogens with zero attached hydrogens (tertiary/aromatic N) is 1. The van der Waals surface area contributed by atoms with Crippen molar-refractivity contribution in [3.8, 4) is 0 Å². The van der Waals surface area contributed by atoms with Crippen molar-refractivity contribution in [3.05, 3.63) is 64.1 Å². The van der Waals surface area contributed by atoms with Gasteiger partial charge in [-0.2, -0.15) is 5.10 Å². The molecule has 5 nitrogen and oxygen atoms in total. The van der Waals surface area contributed by atoms with Gasteiger partial charge in [-0.25, -0.2) is 4.79 Å². The van der Waals surface area contributed by atoms with Gasteiger partial charge in [0.1, 0.15) is 0 Å². The van der Waals surface area contributed by atoms with Crippen molar-refractivity contribution in [2.75, 3.05) is 12.4 Å². The van der Waals surface area contributed by atoms with E-state index in [0.717, 1.165) is 10.0 Å². The average Bonchev–Trinajstić information content (AvgIpc) is 2.56. The number of methoxy groups -OCH3 is 1. The van der Waals surface area contributed by atoms with Crippen LogP contribution in [0.2, 0.25) is 0 Å². The Hall–Kier alpha value is -2.25. The predicted octanol–water partition coefficient (Wildman–Crippen LogP) is 3.56. The number of esters is 1. The Morgan fingerprint density at radius 3 is 2.70 bits per heavy atom. The molecule has 118 valence electrons. The molecule has 0 radical (unpaired) electrons. The van der Waals surface area contributed by atoms with Crippen LogP contribution in [0.25, 0.3) is 0 Å². The van der Waals surface area contributed by atoms with Crippen LogP contribution >= 0.6 is 28.1 Å². The van der Waals surface area contributed by atoms with E-state index in [1.807, 2.05) is 24.3 Å². The van der Waals surface area contributed by atoms with E-state index in [-0.39, 0.29) is 0 Å². The number of carbonyl (C=O) groups is 1. The summed E-state index contributed by atoms with van der Waals surface area (Å²) in [6.07, 6.45) is 1.66. The van der Waals surface area contributed by atoms with Gasteiger partial charge in [0.05, 0.1) is 18.9 Å². The van der Waals surface area contributed by atoms with Crippen LogP contribution in [-0.2, 0) is 4.74 Å². The number of halogens is 1. The molecule has 2 rings (SSSR count). The van der Waals surface area contributed by atoms with E-state index < -0.39 is 5.97 Å². The fourth-order valence-electron chi connectivity index (χ4n) is 1.72. The molecule has 0 fully saturated rings. The number of hydrogen-bond donors (Lipinski definition) is 2. The van der Waals surface area contributed by atoms with Crippen LogP contribution in [0.4, 0.5) is 5.69 Å². The first-order valence-electron chi connectivity index (χ1n) is 6.62. The number of anilines is 1. The highest BCUT2D eigenvalue weighted by Crippen LogP contribution is 2.11. The molecule has 2 N–H and O–H groups in total. The van der Waals surface area contributed by atoms with Crippen molar-refractivity contribution in [2.45, 2.75) is 0 Å². The number of rotatable bonds is 4. The quantitative estimate of drug-likeness (QED) is 0.361. The lowest BCUT2D eigenvalue weighted by Crippen LogP contribution is -2.24. The van der Waals surface area contributed by atoms with Crippen molar-refractivity contribution in [3.63, 3.8) is 0 Å². The lowest BCUT2D eigenvalue weighted by Gasteiger charge is -2.08. The summed E-state index contributed by atoms with van der Waals surface area (Å²) in [6, 6.07) is 14.5. The Bertz CT molecular complexity index is 732. The standard InChI is InChI=1S/C16H14BrN3O2S/c1-22-15(21)12-3-2-4-14(9-12)19-16(23)20-18-10-11-5-7-13(17)8-6-11/h2-10H,1H3,(H2,19,20,23). The fraction of sp³-hybridized carbons (Fsp3) is 0.0625. The van der Waals surface area contributed by atoms with Crippen molar-refractivity contribution in [1.29, 1.82) is 0 Å². The topological polar surface area (TPSA) is 62.7 Å². The number of ether oxygens (including phenoxy) is 1. The Morgan fingerprint density at radius 1 is 1.26 bits per heavy atom. The zero-order chi connectivity index (χ0) is 16.7. The second-order valence-electron chi connectivity index (χ2n) is 4.45. The van der Waals surface area contributed by atoms with Crippen LogP contribution < -0.4 is 10.7 Å². The third-order valence-corrected chi connectivity index (χ3v) is 3.51. The van der Waals surface area contributed by atoms with Crippen LogP contribution in [0.15, 0.2) is 58.1 Å². The van der Waals surface area contributed by atoms with Crippen LogP contribution in [0.5, 0.6) is 0 Å². The summed E-state index contributed by atoms with van der Waals surface area (Å²) < 4.78 is 5.68. The molecule has 2 aromatic carbocycles. The molecular formula is C16H14BrN3O2S. The zero-order valence-corrected chi connectivity index (χ0v) is 14.6. The van der Waals surface area contributed by atoms with Gasteiger partial charge in [-0.1, -0.05) is 34.1 Å². The molecule has 0 aliphatic carbocycles. The van der Waals surface area contributed by atoms with Gasteiger partial charge in [0.25, 0.3) is 0 Å². The highest BCUT2D eigenvalue weighted by Gasteiger charge is 2.05. The lowest BCUT2D eigenvalue weighted by atomic mass is 10.2. The molecule has 23 heavy (non-hydrogen) atoms. The SMILES string of the molecule is COC(=O)c1cccc(NC(=S)NN=Cc2ccc(Br)cc2)c1. The molecule has 7 heteroatoms. The maximum atomic E-state index is 11.5. The number of benzene rings is 2. The Balaban J connectivity index is 1.92. The molecule has 0 unspecified atom stereocenters. The van der Waals surface area contributed by atoms with E-state index in [1.54, 1.807) is 30.5 Å². The normalized spacial score (nSPS) is 10.3. The molecule has 0 aliphatic heterocycles. The molecule has 0 saturated heterocycles. The molecule has 2 aromatic rings. The molecule has 0 atom stereocenters. The monoisotopic (exact) mass is 391 g/mol. The van der Waals surface area contributed by atoms with Gasteiger partial charge < -0.3 is 10.1 Å². The average molecular weight is 392 g/mol. The summed E-state index contributed by atoms with van der Waals surface area (Å²) in [7, 11) is 1.34. The molecule has 0 aliphatic rings. The van der Waals surface area contributed by atoms with Gasteiger partial charge in [-0.05, 0) is 48.1 Å². The van der Waals surface area contributed by atoms with Crippen molar-refractivity contribution < 1.29 is 9.53 Å². The number of hydrazone groups is 1. The van der Waals surface area contributed by atoms with Gasteiger partial charge in [-0.15, -0.1) is 0 Å². The minimum atomic E-state index is -0.402. The largest absolute Gasteiger partial charge is 0.465 e. The fourth-order valence-corrected chi connectivity index (χ4v) is 2.15. The number of thiocarbonyl (C=S) groups is 1. The minimum absolute atomic E-state index is 0.320. The Kier molecular flexibility index (Phi) is 6.25. The van der Waals surface area contributed by atoms with Gasteiger partial charge in [-0.3, -0.25) is 5.43 Å². The highest BCUT2D eigenvalue weighted by molar-refractivity contribution is 9.10. The van der Waals surface area contributed by atoms with Gasteiger partial charge in [0.2, 0.25) is 0 Å². The Labute approximate surface area is 147 Å².